The first-order chi connectivity index (χ1) is 12.8. The van der Waals surface area contributed by atoms with E-state index in [1.165, 1.54) is 32.5 Å². The van der Waals surface area contributed by atoms with Gasteiger partial charge in [0.2, 0.25) is 0 Å². The zero-order chi connectivity index (χ0) is 19.6. The zero-order valence-corrected chi connectivity index (χ0v) is 16.2. The van der Waals surface area contributed by atoms with E-state index in [1.54, 1.807) is 12.1 Å². The number of ether oxygens (including phenoxy) is 3. The fourth-order valence-corrected chi connectivity index (χ4v) is 2.58. The fraction of sp³-hybridized carbons (Fsp3) is 0.278. The third-order valence-corrected chi connectivity index (χ3v) is 4.06. The monoisotopic (exact) mass is 411 g/mol. The number of phenolic OH excluding ortho intramolecular Hbond substituents is 1. The second kappa shape index (κ2) is 8.30. The minimum absolute atomic E-state index is 0. The molecular weight excluding hydrogens is 393 g/mol. The first-order valence-corrected chi connectivity index (χ1v) is 8.00. The van der Waals surface area contributed by atoms with E-state index in [0.717, 1.165) is 7.11 Å². The number of aromatic nitrogens is 2. The molecule has 0 saturated carbocycles. The number of carbonyl (C=O) groups excluding carboxylic acids is 1. The average molecular weight is 412 g/mol. The molecule has 1 unspecified atom stereocenters. The van der Waals surface area contributed by atoms with E-state index < -0.39 is 11.8 Å². The highest BCUT2D eigenvalue weighted by molar-refractivity contribution is 5.92. The normalized spacial score (nSPS) is 18.4. The van der Waals surface area contributed by atoms with Gasteiger partial charge in [0.15, 0.2) is 22.9 Å². The lowest BCUT2D eigenvalue weighted by Crippen LogP contribution is -2.27. The number of rotatable bonds is 4. The number of nitrogens with zero attached hydrogens (tertiary/aromatic N) is 2. The number of phenols is 1. The summed E-state index contributed by atoms with van der Waals surface area (Å²) in [5.41, 5.74) is -0.870. The Hall–Kier alpha value is -3.07. The lowest BCUT2D eigenvalue weighted by molar-refractivity contribution is 0.0650. The van der Waals surface area contributed by atoms with Crippen LogP contribution >= 0.6 is 12.4 Å². The van der Waals surface area contributed by atoms with Crippen molar-refractivity contribution in [2.45, 2.75) is 19.0 Å². The molecule has 0 bridgehead atoms. The quantitative estimate of drug-likeness (QED) is 0.731. The van der Waals surface area contributed by atoms with Crippen molar-refractivity contribution >= 4 is 35.3 Å². The highest BCUT2D eigenvalue weighted by Crippen LogP contribution is 2.35. The van der Waals surface area contributed by atoms with Crippen molar-refractivity contribution in [2.75, 3.05) is 19.5 Å². The summed E-state index contributed by atoms with van der Waals surface area (Å²) >= 11 is 0. The van der Waals surface area contributed by atoms with Gasteiger partial charge < -0.3 is 24.6 Å². The summed E-state index contributed by atoms with van der Waals surface area (Å²) in [6.45, 7) is 1.31. The zero-order valence-electron chi connectivity index (χ0n) is 15.4. The van der Waals surface area contributed by atoms with Gasteiger partial charge in [0.05, 0.1) is 19.7 Å². The molecule has 1 aliphatic rings. The third-order valence-electron chi connectivity index (χ3n) is 4.06. The molecule has 2 N–H and O–H groups in total. The molecule has 0 aliphatic heterocycles. The Balaban J connectivity index is 0.00000280. The van der Waals surface area contributed by atoms with Crippen LogP contribution in [-0.4, -0.2) is 41.1 Å². The van der Waals surface area contributed by atoms with Crippen LogP contribution in [0.25, 0.3) is 10.9 Å². The van der Waals surface area contributed by atoms with E-state index in [0.29, 0.717) is 22.4 Å². The predicted octanol–water partition coefficient (Wildman–Crippen LogP) is 3.86. The maximum absolute atomic E-state index is 14.6. The maximum Gasteiger partial charge on any atom is 0.513 e. The van der Waals surface area contributed by atoms with Crippen LogP contribution in [0.1, 0.15) is 13.3 Å². The number of methoxy groups -OCH3 is 2. The average Bonchev–Trinajstić information content (AvgIpc) is 2.64. The molecule has 1 aromatic heterocycles. The van der Waals surface area contributed by atoms with Gasteiger partial charge in [-0.25, -0.2) is 19.2 Å². The second-order valence-electron chi connectivity index (χ2n) is 6.01. The van der Waals surface area contributed by atoms with Crippen LogP contribution in [0.5, 0.6) is 11.5 Å². The number of hydrogen-bond donors (Lipinski definition) is 2. The van der Waals surface area contributed by atoms with Crippen LogP contribution in [-0.2, 0) is 9.47 Å². The van der Waals surface area contributed by atoms with Crippen molar-refractivity contribution in [1.29, 1.82) is 0 Å². The highest BCUT2D eigenvalue weighted by atomic mass is 35.5. The van der Waals surface area contributed by atoms with Crippen molar-refractivity contribution in [3.8, 4) is 11.5 Å². The van der Waals surface area contributed by atoms with Crippen LogP contribution < -0.4 is 10.1 Å². The molecule has 0 fully saturated rings. The minimum Gasteiger partial charge on any atom is -0.504 e. The molecule has 1 atom stereocenters. The number of allylic oxidation sites excluding steroid dienone is 3. The fourth-order valence-electron chi connectivity index (χ4n) is 2.58. The lowest BCUT2D eigenvalue weighted by Gasteiger charge is -2.25. The van der Waals surface area contributed by atoms with Crippen LogP contribution in [0.15, 0.2) is 42.1 Å². The molecule has 10 heteroatoms. The number of carbonyl (C=O) groups is 1. The van der Waals surface area contributed by atoms with Crippen LogP contribution in [0.4, 0.5) is 15.0 Å². The molecule has 2 aromatic rings. The summed E-state index contributed by atoms with van der Waals surface area (Å²) in [5, 5.41) is 13.5. The number of fused-ring (bicyclic) bond motifs is 1. The van der Waals surface area contributed by atoms with Crippen molar-refractivity contribution in [3.63, 3.8) is 0 Å². The molecule has 0 amide bonds. The predicted molar refractivity (Wildman–Crippen MR) is 102 cm³/mol. The van der Waals surface area contributed by atoms with Gasteiger partial charge in [-0.3, -0.25) is 0 Å². The number of aromatic hydroxyl groups is 1. The summed E-state index contributed by atoms with van der Waals surface area (Å²) in [5.74, 6) is 0.460. The summed E-state index contributed by atoms with van der Waals surface area (Å²) in [6.07, 6.45) is 3.31. The smallest absolute Gasteiger partial charge is 0.504 e. The Labute approximate surface area is 166 Å². The molecule has 3 rings (SSSR count). The maximum atomic E-state index is 14.6. The van der Waals surface area contributed by atoms with Crippen LogP contribution in [0, 0.1) is 0 Å². The molecule has 0 spiro atoms. The van der Waals surface area contributed by atoms with Gasteiger partial charge in [-0.2, -0.15) is 0 Å². The number of benzene rings is 1. The molecule has 0 saturated heterocycles. The topological polar surface area (TPSA) is 103 Å². The minimum atomic E-state index is -1.85. The molecule has 1 heterocycles. The van der Waals surface area contributed by atoms with Crippen molar-refractivity contribution in [3.05, 3.63) is 42.1 Å². The van der Waals surface area contributed by atoms with E-state index in [1.807, 2.05) is 0 Å². The van der Waals surface area contributed by atoms with Crippen molar-refractivity contribution < 1.29 is 28.5 Å². The van der Waals surface area contributed by atoms with Gasteiger partial charge in [0, 0.05) is 29.6 Å². The van der Waals surface area contributed by atoms with Crippen LogP contribution in [0.2, 0.25) is 0 Å². The molecule has 8 nitrogen and oxygen atoms in total. The summed E-state index contributed by atoms with van der Waals surface area (Å²) in [6, 6.07) is 3.04. The Morgan fingerprint density at radius 3 is 2.75 bits per heavy atom. The first kappa shape index (κ1) is 21.2. The standard InChI is InChI=1S/C18H18FN3O5.ClH/c1-18(19)5-4-10(6-15(18)27-17(24)26-3)22-16-11-7-14(25-2)13(23)8-12(11)20-9-21-16;/h4,6-9,23H,5H2,1-3H3,(H,20,21,22);1H. The molecule has 1 aliphatic carbocycles. The number of anilines is 1. The van der Waals surface area contributed by atoms with E-state index >= 15 is 0 Å². The van der Waals surface area contributed by atoms with E-state index in [4.69, 9.17) is 9.47 Å². The molecular formula is C18H19ClFN3O5. The second-order valence-corrected chi connectivity index (χ2v) is 6.01. The SMILES string of the molecule is COC(=O)OC1=CC(Nc2ncnc3cc(O)c(OC)cc23)=CCC1(C)F.Cl. The molecule has 0 radical (unpaired) electrons. The Kier molecular flexibility index (Phi) is 6.30. The third kappa shape index (κ3) is 4.25. The van der Waals surface area contributed by atoms with E-state index in [-0.39, 0.29) is 36.1 Å². The van der Waals surface area contributed by atoms with E-state index in [9.17, 15) is 14.3 Å². The van der Waals surface area contributed by atoms with Crippen LogP contribution in [0.3, 0.4) is 0 Å². The van der Waals surface area contributed by atoms with Gasteiger partial charge in [0.25, 0.3) is 0 Å². The van der Waals surface area contributed by atoms with Gasteiger partial charge in [0.1, 0.15) is 12.1 Å². The summed E-state index contributed by atoms with van der Waals surface area (Å²) in [7, 11) is 2.58. The number of alkyl halides is 1. The number of halogens is 2. The summed E-state index contributed by atoms with van der Waals surface area (Å²) < 4.78 is 29.1. The largest absolute Gasteiger partial charge is 0.513 e. The molecule has 1 aromatic carbocycles. The first-order valence-electron chi connectivity index (χ1n) is 8.00. The van der Waals surface area contributed by atoms with E-state index in [2.05, 4.69) is 20.0 Å². The molecule has 150 valence electrons. The van der Waals surface area contributed by atoms with Crippen molar-refractivity contribution in [1.82, 2.24) is 9.97 Å². The number of hydrogen-bond acceptors (Lipinski definition) is 8. The Morgan fingerprint density at radius 2 is 2.07 bits per heavy atom. The van der Waals surface area contributed by atoms with Gasteiger partial charge in [-0.1, -0.05) is 6.08 Å². The Morgan fingerprint density at radius 1 is 1.32 bits per heavy atom. The highest BCUT2D eigenvalue weighted by Gasteiger charge is 2.34. The Bertz CT molecular complexity index is 962. The van der Waals surface area contributed by atoms with Gasteiger partial charge in [-0.05, 0) is 13.0 Å². The van der Waals surface area contributed by atoms with Gasteiger partial charge >= 0.3 is 6.16 Å². The lowest BCUT2D eigenvalue weighted by atomic mass is 9.96. The van der Waals surface area contributed by atoms with Gasteiger partial charge in [-0.15, -0.1) is 12.4 Å². The van der Waals surface area contributed by atoms with Crippen molar-refractivity contribution in [2.24, 2.45) is 0 Å². The number of nitrogens with one attached hydrogen (secondary N) is 1. The molecule has 28 heavy (non-hydrogen) atoms. The summed E-state index contributed by atoms with van der Waals surface area (Å²) in [4.78, 5) is 19.7.